The lowest BCUT2D eigenvalue weighted by Crippen LogP contribution is -1.87. The first-order valence-electron chi connectivity index (χ1n) is 4.95. The van der Waals surface area contributed by atoms with Crippen LogP contribution in [0.2, 0.25) is 0 Å². The van der Waals surface area contributed by atoms with Gasteiger partial charge in [-0.2, -0.15) is 10.2 Å². The van der Waals surface area contributed by atoms with Crippen LogP contribution in [0.25, 0.3) is 0 Å². The monoisotopic (exact) mass is 466 g/mol. The molecule has 0 radical (unpaired) electrons. The molecule has 0 unspecified atom stereocenters. The van der Waals surface area contributed by atoms with Gasteiger partial charge in [-0.25, -0.2) is 0 Å². The van der Waals surface area contributed by atoms with Gasteiger partial charge in [0.15, 0.2) is 0 Å². The van der Waals surface area contributed by atoms with Crippen molar-refractivity contribution in [1.82, 2.24) is 0 Å². The fourth-order valence-electron chi connectivity index (χ4n) is 1.23. The van der Waals surface area contributed by atoms with Crippen LogP contribution >= 0.6 is 45.2 Å². The van der Waals surface area contributed by atoms with Gasteiger partial charge in [0.25, 0.3) is 0 Å². The maximum absolute atomic E-state index is 9.83. The van der Waals surface area contributed by atoms with Gasteiger partial charge < -0.3 is 9.52 Å². The van der Waals surface area contributed by atoms with E-state index in [1.54, 1.807) is 18.4 Å². The van der Waals surface area contributed by atoms with Crippen molar-refractivity contribution in [3.8, 4) is 5.75 Å². The average molecular weight is 466 g/mol. The maximum Gasteiger partial charge on any atom is 0.146 e. The van der Waals surface area contributed by atoms with Crippen molar-refractivity contribution >= 4 is 57.6 Å². The lowest BCUT2D eigenvalue weighted by atomic mass is 10.2. The van der Waals surface area contributed by atoms with E-state index in [4.69, 9.17) is 4.42 Å². The predicted molar refractivity (Wildman–Crippen MR) is 87.4 cm³/mol. The Bertz CT molecular complexity index is 592. The molecule has 6 heteroatoms. The van der Waals surface area contributed by atoms with Crippen molar-refractivity contribution in [2.45, 2.75) is 0 Å². The Kier molecular flexibility index (Phi) is 4.75. The van der Waals surface area contributed by atoms with Crippen LogP contribution in [0.3, 0.4) is 0 Å². The molecule has 92 valence electrons. The Morgan fingerprint density at radius 2 is 1.94 bits per heavy atom. The number of nitrogens with zero attached hydrogens (tertiary/aromatic N) is 2. The summed E-state index contributed by atoms with van der Waals surface area (Å²) >= 11 is 4.26. The van der Waals surface area contributed by atoms with Gasteiger partial charge in [-0.1, -0.05) is 0 Å². The number of aromatic hydroxyl groups is 1. The number of hydrogen-bond donors (Lipinski definition) is 1. The molecule has 1 heterocycles. The van der Waals surface area contributed by atoms with E-state index in [2.05, 4.69) is 55.4 Å². The molecule has 0 saturated heterocycles. The number of phenols is 1. The Hall–Kier alpha value is -0.900. The van der Waals surface area contributed by atoms with Gasteiger partial charge in [-0.15, -0.1) is 0 Å². The fraction of sp³-hybridized carbons (Fsp3) is 0. The van der Waals surface area contributed by atoms with Crippen LogP contribution in [-0.4, -0.2) is 17.5 Å². The third-order valence-corrected chi connectivity index (χ3v) is 3.49. The molecule has 0 bridgehead atoms. The maximum atomic E-state index is 9.83. The van der Waals surface area contributed by atoms with Gasteiger partial charge in [-0.05, 0) is 69.4 Å². The topological polar surface area (TPSA) is 58.1 Å². The van der Waals surface area contributed by atoms with E-state index in [1.807, 2.05) is 12.1 Å². The van der Waals surface area contributed by atoms with E-state index in [0.717, 1.165) is 7.14 Å². The van der Waals surface area contributed by atoms with Crippen LogP contribution in [-0.2, 0) is 0 Å². The molecule has 0 saturated carbocycles. The lowest BCUT2D eigenvalue weighted by molar-refractivity contribution is 0.470. The number of halogens is 2. The zero-order chi connectivity index (χ0) is 13.0. The van der Waals surface area contributed by atoms with Crippen LogP contribution in [0.4, 0.5) is 0 Å². The second kappa shape index (κ2) is 6.32. The number of phenolic OH excluding ortho intramolecular Hbond substituents is 1. The Morgan fingerprint density at radius 3 is 2.67 bits per heavy atom. The molecule has 18 heavy (non-hydrogen) atoms. The van der Waals surface area contributed by atoms with E-state index < -0.39 is 0 Å². The average Bonchev–Trinajstić information content (AvgIpc) is 2.83. The van der Waals surface area contributed by atoms with Crippen LogP contribution in [0.15, 0.2) is 45.1 Å². The Labute approximate surface area is 131 Å². The molecule has 0 spiro atoms. The lowest BCUT2D eigenvalue weighted by Gasteiger charge is -2.01. The van der Waals surface area contributed by atoms with Gasteiger partial charge in [0.1, 0.15) is 11.5 Å². The summed E-state index contributed by atoms with van der Waals surface area (Å²) in [5.41, 5.74) is 0.642. The first-order valence-corrected chi connectivity index (χ1v) is 7.10. The van der Waals surface area contributed by atoms with Crippen molar-refractivity contribution in [3.05, 3.63) is 49.0 Å². The van der Waals surface area contributed by atoms with Crippen molar-refractivity contribution < 1.29 is 9.52 Å². The van der Waals surface area contributed by atoms with Crippen molar-refractivity contribution in [3.63, 3.8) is 0 Å². The minimum atomic E-state index is 0.216. The SMILES string of the molecule is Oc1c(I)cc(I)cc1/C=N/N=Cc1ccco1. The predicted octanol–water partition coefficient (Wildman–Crippen LogP) is 3.65. The highest BCUT2D eigenvalue weighted by molar-refractivity contribution is 14.1. The zero-order valence-corrected chi connectivity index (χ0v) is 13.4. The quantitative estimate of drug-likeness (QED) is 0.427. The molecule has 2 aromatic rings. The normalized spacial score (nSPS) is 11.7. The summed E-state index contributed by atoms with van der Waals surface area (Å²) in [6.07, 6.45) is 4.59. The number of furan rings is 1. The molecule has 2 rings (SSSR count). The molecule has 0 aliphatic rings. The standard InChI is InChI=1S/C12H8I2N2O2/c13-9-4-8(12(17)11(14)5-9)6-15-16-7-10-2-1-3-18-10/h1-7,17H/b15-6+,16-7?. The minimum Gasteiger partial charge on any atom is -0.506 e. The molecule has 0 aliphatic carbocycles. The molecular weight excluding hydrogens is 458 g/mol. The van der Waals surface area contributed by atoms with Gasteiger partial charge in [-0.3, -0.25) is 0 Å². The van der Waals surface area contributed by atoms with E-state index in [-0.39, 0.29) is 5.75 Å². The van der Waals surface area contributed by atoms with Crippen LogP contribution in [0, 0.1) is 7.14 Å². The minimum absolute atomic E-state index is 0.216. The third kappa shape index (κ3) is 3.55. The summed E-state index contributed by atoms with van der Waals surface area (Å²) in [5, 5.41) is 17.6. The van der Waals surface area contributed by atoms with E-state index in [1.165, 1.54) is 12.4 Å². The molecular formula is C12H8I2N2O2. The van der Waals surface area contributed by atoms with Crippen LogP contribution < -0.4 is 0 Å². The summed E-state index contributed by atoms with van der Waals surface area (Å²) < 4.78 is 6.89. The van der Waals surface area contributed by atoms with Crippen LogP contribution in [0.5, 0.6) is 5.75 Å². The summed E-state index contributed by atoms with van der Waals surface area (Å²) in [7, 11) is 0. The van der Waals surface area contributed by atoms with E-state index >= 15 is 0 Å². The summed E-state index contributed by atoms with van der Waals surface area (Å²) in [6, 6.07) is 7.29. The highest BCUT2D eigenvalue weighted by atomic mass is 127. The summed E-state index contributed by atoms with van der Waals surface area (Å²) in [4.78, 5) is 0. The van der Waals surface area contributed by atoms with Gasteiger partial charge in [0.05, 0.1) is 22.3 Å². The van der Waals surface area contributed by atoms with Crippen molar-refractivity contribution in [2.24, 2.45) is 10.2 Å². The summed E-state index contributed by atoms with van der Waals surface area (Å²) in [6.45, 7) is 0. The first-order chi connectivity index (χ1) is 8.66. The second-order valence-corrected chi connectivity index (χ2v) is 5.74. The second-order valence-electron chi connectivity index (χ2n) is 3.33. The molecule has 0 amide bonds. The van der Waals surface area contributed by atoms with Crippen LogP contribution in [0.1, 0.15) is 11.3 Å². The number of benzene rings is 1. The molecule has 0 fully saturated rings. The molecule has 0 atom stereocenters. The van der Waals surface area contributed by atoms with Gasteiger partial charge in [0, 0.05) is 9.13 Å². The molecule has 1 aromatic carbocycles. The molecule has 1 aromatic heterocycles. The number of hydrogen-bond acceptors (Lipinski definition) is 4. The number of rotatable bonds is 3. The fourth-order valence-corrected chi connectivity index (χ4v) is 3.12. The first kappa shape index (κ1) is 13.5. The molecule has 1 N–H and O–H groups in total. The molecule has 4 nitrogen and oxygen atoms in total. The largest absolute Gasteiger partial charge is 0.506 e. The Morgan fingerprint density at radius 1 is 1.17 bits per heavy atom. The highest BCUT2D eigenvalue weighted by Crippen LogP contribution is 2.25. The zero-order valence-electron chi connectivity index (χ0n) is 9.05. The van der Waals surface area contributed by atoms with Crippen molar-refractivity contribution in [1.29, 1.82) is 0 Å². The molecule has 0 aliphatic heterocycles. The smallest absolute Gasteiger partial charge is 0.146 e. The third-order valence-electron chi connectivity index (χ3n) is 2.05. The van der Waals surface area contributed by atoms with Gasteiger partial charge in [0.2, 0.25) is 0 Å². The Balaban J connectivity index is 2.14. The summed E-state index contributed by atoms with van der Waals surface area (Å²) in [5.74, 6) is 0.849. The highest BCUT2D eigenvalue weighted by Gasteiger charge is 2.04. The van der Waals surface area contributed by atoms with Gasteiger partial charge >= 0.3 is 0 Å². The van der Waals surface area contributed by atoms with E-state index in [0.29, 0.717) is 11.3 Å². The van der Waals surface area contributed by atoms with Crippen molar-refractivity contribution in [2.75, 3.05) is 0 Å². The van der Waals surface area contributed by atoms with E-state index in [9.17, 15) is 5.11 Å².